The van der Waals surface area contributed by atoms with E-state index in [4.69, 9.17) is 0 Å². The predicted molar refractivity (Wildman–Crippen MR) is 95.4 cm³/mol. The number of hydrogen-bond donors (Lipinski definition) is 1. The van der Waals surface area contributed by atoms with Crippen LogP contribution in [-0.2, 0) is 17.8 Å². The number of hydrogen-bond acceptors (Lipinski definition) is 3. The Bertz CT molecular complexity index is 476. The Morgan fingerprint density at radius 2 is 1.78 bits per heavy atom. The van der Waals surface area contributed by atoms with Gasteiger partial charge in [-0.15, -0.1) is 0 Å². The fourth-order valence-electron chi connectivity index (χ4n) is 3.04. The van der Waals surface area contributed by atoms with Gasteiger partial charge in [0.1, 0.15) is 0 Å². The monoisotopic (exact) mass is 317 g/mol. The molecule has 1 heterocycles. The average molecular weight is 317 g/mol. The average Bonchev–Trinajstić information content (AvgIpc) is 2.56. The zero-order valence-electron chi connectivity index (χ0n) is 14.8. The van der Waals surface area contributed by atoms with Gasteiger partial charge in [0.2, 0.25) is 5.91 Å². The van der Waals surface area contributed by atoms with E-state index in [0.29, 0.717) is 0 Å². The molecule has 1 fully saturated rings. The SMILES string of the molecule is CCc1ccc(CN2CCC(C(=O)NCCN(C)C)CC2)cc1. The molecule has 0 atom stereocenters. The Morgan fingerprint density at radius 3 is 2.35 bits per heavy atom. The molecule has 4 nitrogen and oxygen atoms in total. The van der Waals surface area contributed by atoms with Crippen LogP contribution in [0.4, 0.5) is 0 Å². The number of rotatable bonds is 7. The van der Waals surface area contributed by atoms with E-state index in [-0.39, 0.29) is 11.8 Å². The number of amides is 1. The molecule has 1 N–H and O–H groups in total. The Morgan fingerprint density at radius 1 is 1.17 bits per heavy atom. The van der Waals surface area contributed by atoms with Crippen LogP contribution in [0.2, 0.25) is 0 Å². The van der Waals surface area contributed by atoms with Crippen molar-refractivity contribution in [1.82, 2.24) is 15.1 Å². The van der Waals surface area contributed by atoms with Crippen molar-refractivity contribution < 1.29 is 4.79 Å². The lowest BCUT2D eigenvalue weighted by molar-refractivity contribution is -0.126. The van der Waals surface area contributed by atoms with Gasteiger partial charge in [0.05, 0.1) is 0 Å². The lowest BCUT2D eigenvalue weighted by atomic mass is 9.95. The Labute approximate surface area is 140 Å². The molecule has 0 unspecified atom stereocenters. The van der Waals surface area contributed by atoms with Crippen LogP contribution >= 0.6 is 0 Å². The third-order valence-electron chi connectivity index (χ3n) is 4.65. The summed E-state index contributed by atoms with van der Waals surface area (Å²) in [4.78, 5) is 16.7. The van der Waals surface area contributed by atoms with Crippen LogP contribution in [0, 0.1) is 5.92 Å². The number of likely N-dealkylation sites (tertiary alicyclic amines) is 1. The molecule has 1 aliphatic rings. The van der Waals surface area contributed by atoms with Crippen molar-refractivity contribution in [2.75, 3.05) is 40.3 Å². The van der Waals surface area contributed by atoms with Gasteiger partial charge in [0.15, 0.2) is 0 Å². The zero-order chi connectivity index (χ0) is 16.7. The summed E-state index contributed by atoms with van der Waals surface area (Å²) in [5.41, 5.74) is 2.76. The predicted octanol–water partition coefficient (Wildman–Crippen LogP) is 2.14. The van der Waals surface area contributed by atoms with E-state index in [1.165, 1.54) is 11.1 Å². The van der Waals surface area contributed by atoms with E-state index in [0.717, 1.165) is 52.0 Å². The summed E-state index contributed by atoms with van der Waals surface area (Å²) in [6.07, 6.45) is 3.04. The van der Waals surface area contributed by atoms with Crippen LogP contribution in [0.1, 0.15) is 30.9 Å². The number of carbonyl (C=O) groups excluding carboxylic acids is 1. The molecule has 1 amide bonds. The van der Waals surface area contributed by atoms with Crippen molar-refractivity contribution in [2.45, 2.75) is 32.7 Å². The normalized spacial score (nSPS) is 16.7. The molecule has 1 saturated heterocycles. The Hall–Kier alpha value is -1.39. The molecule has 0 bridgehead atoms. The summed E-state index contributed by atoms with van der Waals surface area (Å²) < 4.78 is 0. The summed E-state index contributed by atoms with van der Waals surface area (Å²) >= 11 is 0. The van der Waals surface area contributed by atoms with E-state index in [9.17, 15) is 4.79 Å². The first-order chi connectivity index (χ1) is 11.1. The van der Waals surface area contributed by atoms with E-state index in [2.05, 4.69) is 46.3 Å². The van der Waals surface area contributed by atoms with Gasteiger partial charge in [0.25, 0.3) is 0 Å². The summed E-state index contributed by atoms with van der Waals surface area (Å²) in [6, 6.07) is 8.91. The van der Waals surface area contributed by atoms with Gasteiger partial charge in [-0.05, 0) is 57.6 Å². The lowest BCUT2D eigenvalue weighted by Gasteiger charge is -2.31. The third kappa shape index (κ3) is 5.96. The van der Waals surface area contributed by atoms with Crippen LogP contribution in [-0.4, -0.2) is 56.0 Å². The van der Waals surface area contributed by atoms with Crippen molar-refractivity contribution in [3.63, 3.8) is 0 Å². The summed E-state index contributed by atoms with van der Waals surface area (Å²) in [6.45, 7) is 6.86. The van der Waals surface area contributed by atoms with Crippen LogP contribution in [0.5, 0.6) is 0 Å². The number of carbonyl (C=O) groups is 1. The third-order valence-corrected chi connectivity index (χ3v) is 4.65. The first kappa shape index (κ1) is 18.0. The van der Waals surface area contributed by atoms with Crippen molar-refractivity contribution in [1.29, 1.82) is 0 Å². The molecule has 2 rings (SSSR count). The molecule has 0 saturated carbocycles. The molecule has 1 aliphatic heterocycles. The Balaban J connectivity index is 1.71. The van der Waals surface area contributed by atoms with Crippen LogP contribution in [0.25, 0.3) is 0 Å². The maximum absolute atomic E-state index is 12.2. The van der Waals surface area contributed by atoms with Gasteiger partial charge in [-0.3, -0.25) is 9.69 Å². The number of benzene rings is 1. The highest BCUT2D eigenvalue weighted by Crippen LogP contribution is 2.19. The smallest absolute Gasteiger partial charge is 0.223 e. The summed E-state index contributed by atoms with van der Waals surface area (Å²) in [5.74, 6) is 0.426. The molecule has 0 aliphatic carbocycles. The second-order valence-corrected chi connectivity index (χ2v) is 6.81. The molecule has 1 aromatic carbocycles. The van der Waals surface area contributed by atoms with Gasteiger partial charge < -0.3 is 10.2 Å². The highest BCUT2D eigenvalue weighted by Gasteiger charge is 2.24. The minimum Gasteiger partial charge on any atom is -0.355 e. The summed E-state index contributed by atoms with van der Waals surface area (Å²) in [7, 11) is 4.05. The molecule has 23 heavy (non-hydrogen) atoms. The van der Waals surface area contributed by atoms with Gasteiger partial charge in [-0.1, -0.05) is 31.2 Å². The topological polar surface area (TPSA) is 35.6 Å². The minimum atomic E-state index is 0.191. The standard InChI is InChI=1S/C19H31N3O/c1-4-16-5-7-17(8-6-16)15-22-12-9-18(10-13-22)19(23)20-11-14-21(2)3/h5-8,18H,4,9-15H2,1-3H3,(H,20,23). The quantitative estimate of drug-likeness (QED) is 0.837. The second kappa shape index (κ2) is 9.04. The molecule has 1 aromatic rings. The second-order valence-electron chi connectivity index (χ2n) is 6.81. The molecule has 0 radical (unpaired) electrons. The van der Waals surface area contributed by atoms with Crippen LogP contribution < -0.4 is 5.32 Å². The highest BCUT2D eigenvalue weighted by molar-refractivity contribution is 5.78. The van der Waals surface area contributed by atoms with Crippen molar-refractivity contribution in [3.05, 3.63) is 35.4 Å². The fourth-order valence-corrected chi connectivity index (χ4v) is 3.04. The van der Waals surface area contributed by atoms with Crippen LogP contribution in [0.3, 0.4) is 0 Å². The molecular weight excluding hydrogens is 286 g/mol. The van der Waals surface area contributed by atoms with Crippen molar-refractivity contribution in [2.24, 2.45) is 5.92 Å². The number of piperidine rings is 1. The first-order valence-corrected chi connectivity index (χ1v) is 8.81. The molecular formula is C19H31N3O. The number of likely N-dealkylation sites (N-methyl/N-ethyl adjacent to an activating group) is 1. The lowest BCUT2D eigenvalue weighted by Crippen LogP contribution is -2.41. The van der Waals surface area contributed by atoms with Crippen molar-refractivity contribution in [3.8, 4) is 0 Å². The Kier molecular flexibility index (Phi) is 7.06. The first-order valence-electron chi connectivity index (χ1n) is 8.81. The fraction of sp³-hybridized carbons (Fsp3) is 0.632. The van der Waals surface area contributed by atoms with Gasteiger partial charge in [-0.25, -0.2) is 0 Å². The number of nitrogens with zero attached hydrogens (tertiary/aromatic N) is 2. The van der Waals surface area contributed by atoms with Gasteiger partial charge >= 0.3 is 0 Å². The minimum absolute atomic E-state index is 0.191. The maximum Gasteiger partial charge on any atom is 0.223 e. The van der Waals surface area contributed by atoms with E-state index in [1.54, 1.807) is 0 Å². The van der Waals surface area contributed by atoms with Crippen molar-refractivity contribution >= 4 is 5.91 Å². The molecule has 4 heteroatoms. The van der Waals surface area contributed by atoms with Gasteiger partial charge in [0, 0.05) is 25.6 Å². The van der Waals surface area contributed by atoms with Crippen LogP contribution in [0.15, 0.2) is 24.3 Å². The number of aryl methyl sites for hydroxylation is 1. The maximum atomic E-state index is 12.2. The molecule has 128 valence electrons. The number of nitrogens with one attached hydrogen (secondary N) is 1. The zero-order valence-corrected chi connectivity index (χ0v) is 14.8. The molecule has 0 aromatic heterocycles. The highest BCUT2D eigenvalue weighted by atomic mass is 16.1. The van der Waals surface area contributed by atoms with Gasteiger partial charge in [-0.2, -0.15) is 0 Å². The summed E-state index contributed by atoms with van der Waals surface area (Å²) in [5, 5.41) is 3.06. The van der Waals surface area contributed by atoms with E-state index < -0.39 is 0 Å². The molecule has 0 spiro atoms. The van der Waals surface area contributed by atoms with E-state index in [1.807, 2.05) is 14.1 Å². The largest absolute Gasteiger partial charge is 0.355 e. The van der Waals surface area contributed by atoms with E-state index >= 15 is 0 Å².